The van der Waals surface area contributed by atoms with Gasteiger partial charge in [0.2, 0.25) is 5.91 Å². The van der Waals surface area contributed by atoms with E-state index in [1.807, 2.05) is 6.07 Å². The van der Waals surface area contributed by atoms with Crippen LogP contribution < -0.4 is 9.47 Å². The molecule has 7 nitrogen and oxygen atoms in total. The van der Waals surface area contributed by atoms with E-state index in [0.717, 1.165) is 5.56 Å². The molecule has 0 radical (unpaired) electrons. The number of carbonyl (C=O) groups is 2. The summed E-state index contributed by atoms with van der Waals surface area (Å²) in [4.78, 5) is 25.7. The maximum Gasteiger partial charge on any atom is 0.310 e. The first-order valence-electron chi connectivity index (χ1n) is 8.22. The van der Waals surface area contributed by atoms with Gasteiger partial charge in [-0.05, 0) is 23.8 Å². The summed E-state index contributed by atoms with van der Waals surface area (Å²) in [5, 5.41) is 0. The van der Waals surface area contributed by atoms with Crippen LogP contribution >= 0.6 is 0 Å². The topological polar surface area (TPSA) is 74.3 Å². The van der Waals surface area contributed by atoms with Crippen molar-refractivity contribution < 1.29 is 28.5 Å². The normalized spacial score (nSPS) is 11.9. The Hall–Kier alpha value is -2.54. The molecule has 1 amide bonds. The third-order valence-corrected chi connectivity index (χ3v) is 3.80. The van der Waals surface area contributed by atoms with Gasteiger partial charge in [0, 0.05) is 26.3 Å². The Bertz CT molecular complexity index is 628. The van der Waals surface area contributed by atoms with Crippen molar-refractivity contribution in [2.45, 2.75) is 6.92 Å². The van der Waals surface area contributed by atoms with E-state index in [4.69, 9.17) is 18.9 Å². The molecule has 0 aromatic heterocycles. The highest BCUT2D eigenvalue weighted by Crippen LogP contribution is 2.27. The van der Waals surface area contributed by atoms with E-state index in [0.29, 0.717) is 24.7 Å². The van der Waals surface area contributed by atoms with Crippen molar-refractivity contribution >= 4 is 18.0 Å². The maximum absolute atomic E-state index is 12.5. The Morgan fingerprint density at radius 1 is 1.12 bits per heavy atom. The van der Waals surface area contributed by atoms with Crippen LogP contribution in [-0.4, -0.2) is 64.9 Å². The number of amides is 1. The summed E-state index contributed by atoms with van der Waals surface area (Å²) in [5.74, 6) is 0.203. The van der Waals surface area contributed by atoms with E-state index < -0.39 is 5.92 Å². The van der Waals surface area contributed by atoms with E-state index in [1.165, 1.54) is 13.2 Å². The zero-order valence-electron chi connectivity index (χ0n) is 16.0. The molecular formula is C19H27NO6. The summed E-state index contributed by atoms with van der Waals surface area (Å²) in [6.07, 6.45) is 3.15. The number of methoxy groups -OCH3 is 4. The molecule has 1 atom stereocenters. The molecule has 0 fully saturated rings. The maximum atomic E-state index is 12.5. The molecule has 1 aromatic carbocycles. The summed E-state index contributed by atoms with van der Waals surface area (Å²) in [7, 11) is 6.01. The van der Waals surface area contributed by atoms with E-state index in [1.54, 1.807) is 51.4 Å². The molecule has 0 aliphatic heterocycles. The quantitative estimate of drug-likeness (QED) is 0.466. The average Bonchev–Trinajstić information content (AvgIpc) is 2.67. The highest BCUT2D eigenvalue weighted by Gasteiger charge is 2.20. The first-order valence-corrected chi connectivity index (χ1v) is 8.22. The summed E-state index contributed by atoms with van der Waals surface area (Å²) in [6.45, 7) is 2.74. The fraction of sp³-hybridized carbons (Fsp3) is 0.474. The SMILES string of the molecule is COCCN(CC(C)C(=O)OC)C(=O)/C=C/c1ccc(OC)c(OC)c1. The third-order valence-electron chi connectivity index (χ3n) is 3.80. The second-order valence-corrected chi connectivity index (χ2v) is 5.65. The van der Waals surface area contributed by atoms with Crippen molar-refractivity contribution in [2.75, 3.05) is 48.1 Å². The number of hydrogen-bond acceptors (Lipinski definition) is 6. The molecule has 144 valence electrons. The summed E-state index contributed by atoms with van der Waals surface area (Å²) < 4.78 is 20.2. The van der Waals surface area contributed by atoms with Crippen molar-refractivity contribution in [1.82, 2.24) is 4.90 Å². The van der Waals surface area contributed by atoms with Gasteiger partial charge in [0.25, 0.3) is 0 Å². The fourth-order valence-corrected chi connectivity index (χ4v) is 2.33. The van der Waals surface area contributed by atoms with Crippen molar-refractivity contribution in [3.63, 3.8) is 0 Å². The van der Waals surface area contributed by atoms with Crippen LogP contribution in [0.25, 0.3) is 6.08 Å². The minimum Gasteiger partial charge on any atom is -0.493 e. The number of rotatable bonds is 10. The van der Waals surface area contributed by atoms with Gasteiger partial charge in [-0.25, -0.2) is 0 Å². The first kappa shape index (κ1) is 21.5. The van der Waals surface area contributed by atoms with Gasteiger partial charge in [0.05, 0.1) is 33.9 Å². The van der Waals surface area contributed by atoms with Crippen molar-refractivity contribution in [3.05, 3.63) is 29.8 Å². The highest BCUT2D eigenvalue weighted by molar-refractivity contribution is 5.92. The smallest absolute Gasteiger partial charge is 0.310 e. The van der Waals surface area contributed by atoms with Gasteiger partial charge in [0.15, 0.2) is 11.5 Å². The van der Waals surface area contributed by atoms with Crippen LogP contribution in [0.2, 0.25) is 0 Å². The lowest BCUT2D eigenvalue weighted by atomic mass is 10.1. The van der Waals surface area contributed by atoms with E-state index >= 15 is 0 Å². The molecule has 7 heteroatoms. The Morgan fingerprint density at radius 3 is 2.38 bits per heavy atom. The number of hydrogen-bond donors (Lipinski definition) is 0. The Balaban J connectivity index is 2.87. The number of benzene rings is 1. The van der Waals surface area contributed by atoms with Crippen LogP contribution in [0, 0.1) is 5.92 Å². The van der Waals surface area contributed by atoms with Crippen molar-refractivity contribution in [3.8, 4) is 11.5 Å². The van der Waals surface area contributed by atoms with Gasteiger partial charge in [0.1, 0.15) is 0 Å². The van der Waals surface area contributed by atoms with Gasteiger partial charge in [-0.3, -0.25) is 9.59 Å². The lowest BCUT2D eigenvalue weighted by Gasteiger charge is -2.23. The van der Waals surface area contributed by atoms with E-state index in [2.05, 4.69) is 0 Å². The van der Waals surface area contributed by atoms with Crippen LogP contribution in [0.3, 0.4) is 0 Å². The Morgan fingerprint density at radius 2 is 1.81 bits per heavy atom. The summed E-state index contributed by atoms with van der Waals surface area (Å²) >= 11 is 0. The summed E-state index contributed by atoms with van der Waals surface area (Å²) in [6, 6.07) is 5.37. The van der Waals surface area contributed by atoms with Gasteiger partial charge < -0.3 is 23.8 Å². The van der Waals surface area contributed by atoms with Crippen molar-refractivity contribution in [2.24, 2.45) is 5.92 Å². The van der Waals surface area contributed by atoms with Crippen LogP contribution in [0.15, 0.2) is 24.3 Å². The number of esters is 1. The Kier molecular flexibility index (Phi) is 9.22. The van der Waals surface area contributed by atoms with E-state index in [9.17, 15) is 9.59 Å². The fourth-order valence-electron chi connectivity index (χ4n) is 2.33. The predicted molar refractivity (Wildman–Crippen MR) is 98.2 cm³/mol. The molecule has 0 aliphatic rings. The molecule has 1 rings (SSSR count). The molecule has 0 saturated carbocycles. The molecule has 0 aliphatic carbocycles. The second kappa shape index (κ2) is 11.1. The predicted octanol–water partition coefficient (Wildman–Crippen LogP) is 2.00. The van der Waals surface area contributed by atoms with Crippen LogP contribution in [0.4, 0.5) is 0 Å². The molecule has 1 aromatic rings. The number of nitrogens with zero attached hydrogens (tertiary/aromatic N) is 1. The van der Waals surface area contributed by atoms with Crippen LogP contribution in [0.1, 0.15) is 12.5 Å². The third kappa shape index (κ3) is 6.40. The molecule has 0 N–H and O–H groups in total. The van der Waals surface area contributed by atoms with Crippen LogP contribution in [-0.2, 0) is 19.1 Å². The van der Waals surface area contributed by atoms with Gasteiger partial charge in [-0.15, -0.1) is 0 Å². The van der Waals surface area contributed by atoms with E-state index in [-0.39, 0.29) is 18.4 Å². The monoisotopic (exact) mass is 365 g/mol. The Labute approximate surface area is 154 Å². The first-order chi connectivity index (χ1) is 12.5. The summed E-state index contributed by atoms with van der Waals surface area (Å²) in [5.41, 5.74) is 0.795. The molecule has 0 saturated heterocycles. The van der Waals surface area contributed by atoms with Crippen molar-refractivity contribution in [1.29, 1.82) is 0 Å². The number of carbonyl (C=O) groups excluding carboxylic acids is 2. The standard InChI is InChI=1S/C19H27NO6/c1-14(19(22)26-5)13-20(10-11-23-2)18(21)9-7-15-6-8-16(24-3)17(12-15)25-4/h6-9,12,14H,10-11,13H2,1-5H3/b9-7+. The minimum absolute atomic E-state index is 0.215. The molecular weight excluding hydrogens is 338 g/mol. The lowest BCUT2D eigenvalue weighted by Crippen LogP contribution is -2.38. The molecule has 1 unspecified atom stereocenters. The molecule has 26 heavy (non-hydrogen) atoms. The van der Waals surface area contributed by atoms with Gasteiger partial charge >= 0.3 is 5.97 Å². The zero-order valence-corrected chi connectivity index (χ0v) is 16.0. The molecule has 0 bridgehead atoms. The highest BCUT2D eigenvalue weighted by atomic mass is 16.5. The lowest BCUT2D eigenvalue weighted by molar-refractivity contribution is -0.146. The second-order valence-electron chi connectivity index (χ2n) is 5.65. The van der Waals surface area contributed by atoms with Gasteiger partial charge in [-0.1, -0.05) is 13.0 Å². The molecule has 0 heterocycles. The average molecular weight is 365 g/mol. The minimum atomic E-state index is -0.421. The zero-order chi connectivity index (χ0) is 19.5. The largest absolute Gasteiger partial charge is 0.493 e. The van der Waals surface area contributed by atoms with Gasteiger partial charge in [-0.2, -0.15) is 0 Å². The van der Waals surface area contributed by atoms with Crippen LogP contribution in [0.5, 0.6) is 11.5 Å². The molecule has 0 spiro atoms. The number of ether oxygens (including phenoxy) is 4.